The van der Waals surface area contributed by atoms with Crippen molar-refractivity contribution in [3.8, 4) is 0 Å². The Morgan fingerprint density at radius 2 is 2.33 bits per heavy atom. The number of ketones is 1. The SMILES string of the molecule is Cc1ncn(CC(=O)C2CC2)c(=O)c1I. The normalized spacial score (nSPS) is 15.3. The zero-order chi connectivity index (χ0) is 11.0. The first-order valence-electron chi connectivity index (χ1n) is 4.84. The van der Waals surface area contributed by atoms with E-state index < -0.39 is 0 Å². The first-order valence-corrected chi connectivity index (χ1v) is 5.91. The predicted molar refractivity (Wildman–Crippen MR) is 63.7 cm³/mol. The van der Waals surface area contributed by atoms with Crippen LogP contribution in [0.5, 0.6) is 0 Å². The molecule has 0 bridgehead atoms. The predicted octanol–water partition coefficient (Wildman–Crippen LogP) is 1.14. The van der Waals surface area contributed by atoms with Gasteiger partial charge < -0.3 is 0 Å². The van der Waals surface area contributed by atoms with Crippen molar-refractivity contribution in [1.82, 2.24) is 9.55 Å². The highest BCUT2D eigenvalue weighted by molar-refractivity contribution is 14.1. The fraction of sp³-hybridized carbons (Fsp3) is 0.500. The third-order valence-electron chi connectivity index (χ3n) is 2.52. The molecular weight excluding hydrogens is 307 g/mol. The molecular formula is C10H11IN2O2. The van der Waals surface area contributed by atoms with Gasteiger partial charge in [-0.25, -0.2) is 4.98 Å². The summed E-state index contributed by atoms with van der Waals surface area (Å²) in [6.07, 6.45) is 3.41. The summed E-state index contributed by atoms with van der Waals surface area (Å²) in [5.74, 6) is 0.342. The van der Waals surface area contributed by atoms with Crippen molar-refractivity contribution < 1.29 is 4.79 Å². The summed E-state index contributed by atoms with van der Waals surface area (Å²) in [4.78, 5) is 27.3. The summed E-state index contributed by atoms with van der Waals surface area (Å²) in [6, 6.07) is 0. The maximum absolute atomic E-state index is 11.7. The fourth-order valence-corrected chi connectivity index (χ4v) is 1.81. The van der Waals surface area contributed by atoms with Gasteiger partial charge in [0.15, 0.2) is 5.78 Å². The van der Waals surface area contributed by atoms with Gasteiger partial charge in [-0.05, 0) is 42.4 Å². The lowest BCUT2D eigenvalue weighted by Gasteiger charge is -2.05. The van der Waals surface area contributed by atoms with E-state index in [0.29, 0.717) is 3.57 Å². The smallest absolute Gasteiger partial charge is 0.267 e. The number of nitrogens with zero attached hydrogens (tertiary/aromatic N) is 2. The van der Waals surface area contributed by atoms with Crippen molar-refractivity contribution in [2.75, 3.05) is 0 Å². The Morgan fingerprint density at radius 3 is 2.93 bits per heavy atom. The van der Waals surface area contributed by atoms with Crippen LogP contribution in [0.4, 0.5) is 0 Å². The Hall–Kier alpha value is -0.720. The minimum Gasteiger partial charge on any atom is -0.297 e. The molecule has 15 heavy (non-hydrogen) atoms. The minimum absolute atomic E-state index is 0.114. The van der Waals surface area contributed by atoms with Crippen LogP contribution in [0.15, 0.2) is 11.1 Å². The van der Waals surface area contributed by atoms with Gasteiger partial charge in [-0.15, -0.1) is 0 Å². The molecule has 0 aromatic carbocycles. The average molecular weight is 318 g/mol. The van der Waals surface area contributed by atoms with Gasteiger partial charge in [0, 0.05) is 5.92 Å². The van der Waals surface area contributed by atoms with Crippen LogP contribution in [-0.2, 0) is 11.3 Å². The molecule has 0 spiro atoms. The molecule has 0 unspecified atom stereocenters. The molecule has 0 atom stereocenters. The molecule has 0 saturated heterocycles. The maximum atomic E-state index is 11.7. The van der Waals surface area contributed by atoms with Crippen molar-refractivity contribution in [2.45, 2.75) is 26.3 Å². The van der Waals surface area contributed by atoms with E-state index in [1.807, 2.05) is 22.6 Å². The number of Topliss-reactive ketones (excluding diaryl/α,β-unsaturated/α-hetero) is 1. The molecule has 0 aliphatic heterocycles. The third-order valence-corrected chi connectivity index (χ3v) is 3.76. The van der Waals surface area contributed by atoms with Gasteiger partial charge in [0.25, 0.3) is 5.56 Å². The van der Waals surface area contributed by atoms with Crippen LogP contribution in [0.1, 0.15) is 18.5 Å². The molecule has 1 fully saturated rings. The van der Waals surface area contributed by atoms with Crippen LogP contribution < -0.4 is 5.56 Å². The average Bonchev–Trinajstić information content (AvgIpc) is 3.02. The van der Waals surface area contributed by atoms with Crippen molar-refractivity contribution in [2.24, 2.45) is 5.92 Å². The van der Waals surface area contributed by atoms with Gasteiger partial charge in [-0.3, -0.25) is 14.2 Å². The molecule has 1 aliphatic carbocycles. The Balaban J connectivity index is 2.25. The van der Waals surface area contributed by atoms with E-state index in [-0.39, 0.29) is 23.8 Å². The van der Waals surface area contributed by atoms with Crippen LogP contribution in [0, 0.1) is 16.4 Å². The fourth-order valence-electron chi connectivity index (χ4n) is 1.36. The van der Waals surface area contributed by atoms with Crippen LogP contribution in [0.25, 0.3) is 0 Å². The van der Waals surface area contributed by atoms with Crippen LogP contribution in [0.2, 0.25) is 0 Å². The molecule has 1 aliphatic rings. The largest absolute Gasteiger partial charge is 0.297 e. The van der Waals surface area contributed by atoms with E-state index in [4.69, 9.17) is 0 Å². The van der Waals surface area contributed by atoms with E-state index in [1.54, 1.807) is 6.92 Å². The van der Waals surface area contributed by atoms with E-state index in [1.165, 1.54) is 10.9 Å². The van der Waals surface area contributed by atoms with Gasteiger partial charge in [0.05, 0.1) is 22.1 Å². The molecule has 80 valence electrons. The molecule has 4 nitrogen and oxygen atoms in total. The van der Waals surface area contributed by atoms with E-state index in [9.17, 15) is 9.59 Å². The molecule has 1 aromatic heterocycles. The first-order chi connectivity index (χ1) is 7.09. The van der Waals surface area contributed by atoms with Gasteiger partial charge in [-0.1, -0.05) is 0 Å². The molecule has 0 N–H and O–H groups in total. The van der Waals surface area contributed by atoms with Crippen molar-refractivity contribution >= 4 is 28.4 Å². The minimum atomic E-state index is -0.114. The molecule has 1 aromatic rings. The third kappa shape index (κ3) is 2.27. The quantitative estimate of drug-likeness (QED) is 0.785. The Labute approximate surface area is 101 Å². The lowest BCUT2D eigenvalue weighted by Crippen LogP contribution is -2.27. The zero-order valence-electron chi connectivity index (χ0n) is 8.36. The van der Waals surface area contributed by atoms with E-state index >= 15 is 0 Å². The van der Waals surface area contributed by atoms with E-state index in [2.05, 4.69) is 4.98 Å². The Morgan fingerprint density at radius 1 is 1.67 bits per heavy atom. The second-order valence-corrected chi connectivity index (χ2v) is 4.90. The summed E-state index contributed by atoms with van der Waals surface area (Å²) < 4.78 is 1.99. The summed E-state index contributed by atoms with van der Waals surface area (Å²) >= 11 is 1.97. The summed E-state index contributed by atoms with van der Waals surface area (Å²) in [7, 11) is 0. The highest BCUT2D eigenvalue weighted by atomic mass is 127. The maximum Gasteiger partial charge on any atom is 0.267 e. The highest BCUT2D eigenvalue weighted by Crippen LogP contribution is 2.30. The molecule has 1 saturated carbocycles. The monoisotopic (exact) mass is 318 g/mol. The lowest BCUT2D eigenvalue weighted by molar-refractivity contribution is -0.120. The first kappa shape index (κ1) is 10.8. The number of hydrogen-bond acceptors (Lipinski definition) is 3. The lowest BCUT2D eigenvalue weighted by atomic mass is 10.2. The topological polar surface area (TPSA) is 52.0 Å². The van der Waals surface area contributed by atoms with Crippen molar-refractivity contribution in [3.63, 3.8) is 0 Å². The van der Waals surface area contributed by atoms with Crippen molar-refractivity contribution in [1.29, 1.82) is 0 Å². The number of aromatic nitrogens is 2. The Kier molecular flexibility index (Phi) is 2.90. The van der Waals surface area contributed by atoms with E-state index in [0.717, 1.165) is 18.5 Å². The number of halogens is 1. The number of carbonyl (C=O) groups is 1. The number of aryl methyl sites for hydroxylation is 1. The van der Waals surface area contributed by atoms with Gasteiger partial charge >= 0.3 is 0 Å². The molecule has 2 rings (SSSR count). The molecule has 1 heterocycles. The van der Waals surface area contributed by atoms with Gasteiger partial charge in [0.2, 0.25) is 0 Å². The number of hydrogen-bond donors (Lipinski definition) is 0. The molecule has 0 radical (unpaired) electrons. The zero-order valence-corrected chi connectivity index (χ0v) is 10.5. The van der Waals surface area contributed by atoms with Gasteiger partial charge in [-0.2, -0.15) is 0 Å². The highest BCUT2D eigenvalue weighted by Gasteiger charge is 2.29. The van der Waals surface area contributed by atoms with Crippen molar-refractivity contribution in [3.05, 3.63) is 25.9 Å². The number of carbonyl (C=O) groups excluding carboxylic acids is 1. The van der Waals surface area contributed by atoms with Crippen LogP contribution in [0.3, 0.4) is 0 Å². The summed E-state index contributed by atoms with van der Waals surface area (Å²) in [5, 5.41) is 0. The molecule has 5 heteroatoms. The standard InChI is InChI=1S/C10H11IN2O2/c1-6-9(11)10(15)13(5-12-6)4-8(14)7-2-3-7/h5,7H,2-4H2,1H3. The van der Waals surface area contributed by atoms with Crippen LogP contribution >= 0.6 is 22.6 Å². The second kappa shape index (κ2) is 4.03. The van der Waals surface area contributed by atoms with Gasteiger partial charge in [0.1, 0.15) is 0 Å². The summed E-state index contributed by atoms with van der Waals surface area (Å²) in [6.45, 7) is 1.96. The molecule has 0 amide bonds. The summed E-state index contributed by atoms with van der Waals surface area (Å²) in [5.41, 5.74) is 0.604. The second-order valence-electron chi connectivity index (χ2n) is 3.82. The Bertz CT molecular complexity index is 463. The number of rotatable bonds is 3. The van der Waals surface area contributed by atoms with Crippen LogP contribution in [-0.4, -0.2) is 15.3 Å².